The zero-order valence-electron chi connectivity index (χ0n) is 13.5. The molecule has 134 valence electrons. The molecule has 0 saturated heterocycles. The van der Waals surface area contributed by atoms with E-state index >= 15 is 8.78 Å². The molecule has 0 amide bonds. The predicted octanol–water partition coefficient (Wildman–Crippen LogP) is 5.99. The highest BCUT2D eigenvalue weighted by Gasteiger charge is 2.60. The van der Waals surface area contributed by atoms with Crippen molar-refractivity contribution in [1.29, 1.82) is 0 Å². The van der Waals surface area contributed by atoms with Gasteiger partial charge in [-0.3, -0.25) is 0 Å². The fourth-order valence-corrected chi connectivity index (χ4v) is 6.58. The quantitative estimate of drug-likeness (QED) is 0.547. The summed E-state index contributed by atoms with van der Waals surface area (Å²) in [5, 5.41) is -4.12. The molecule has 3 aromatic rings. The van der Waals surface area contributed by atoms with Gasteiger partial charge < -0.3 is 0 Å². The van der Waals surface area contributed by atoms with Gasteiger partial charge in [0.1, 0.15) is 0 Å². The summed E-state index contributed by atoms with van der Waals surface area (Å²) in [5.74, 6) is -2.20. The molecule has 0 saturated carbocycles. The van der Waals surface area contributed by atoms with Crippen LogP contribution in [0.1, 0.15) is 0 Å². The van der Waals surface area contributed by atoms with Gasteiger partial charge >= 0.3 is 11.2 Å². The van der Waals surface area contributed by atoms with E-state index in [1.54, 1.807) is 54.6 Å². The van der Waals surface area contributed by atoms with Gasteiger partial charge in [-0.25, -0.2) is 9.74 Å². The summed E-state index contributed by atoms with van der Waals surface area (Å²) in [6, 6.07) is 23.9. The Morgan fingerprint density at radius 2 is 1.00 bits per heavy atom. The smallest absolute Gasteiger partial charge is 0.247 e. The second-order valence-corrected chi connectivity index (χ2v) is 8.58. The molecule has 0 aliphatic carbocycles. The molecule has 0 N–H and O–H groups in total. The van der Waals surface area contributed by atoms with E-state index in [4.69, 9.17) is 0 Å². The van der Waals surface area contributed by atoms with Crippen molar-refractivity contribution in [3.63, 3.8) is 0 Å². The molecule has 3 rings (SSSR count). The molecular formula is C20H15F3O2S. The lowest BCUT2D eigenvalue weighted by molar-refractivity contribution is -0.200. The van der Waals surface area contributed by atoms with Gasteiger partial charge in [0.2, 0.25) is 0 Å². The van der Waals surface area contributed by atoms with Crippen LogP contribution in [-0.4, -0.2) is 11.2 Å². The van der Waals surface area contributed by atoms with E-state index in [2.05, 4.69) is 4.94 Å². The fraction of sp³-hybridized carbons (Fsp3) is 0.0500. The summed E-state index contributed by atoms with van der Waals surface area (Å²) in [6.45, 7) is 0. The maximum atomic E-state index is 15.5. The third kappa shape index (κ3) is 2.76. The van der Waals surface area contributed by atoms with Gasteiger partial charge in [-0.05, 0) is 36.4 Å². The molecular weight excluding hydrogens is 361 g/mol. The Labute approximate surface area is 150 Å². The van der Waals surface area contributed by atoms with E-state index < -0.39 is 21.3 Å². The average molecular weight is 376 g/mol. The Balaban J connectivity index is 2.46. The molecule has 6 heteroatoms. The molecule has 0 aromatic heterocycles. The Hall–Kier alpha value is -2.73. The van der Waals surface area contributed by atoms with Crippen LogP contribution in [0.3, 0.4) is 0 Å². The zero-order valence-corrected chi connectivity index (χ0v) is 14.3. The van der Waals surface area contributed by atoms with Gasteiger partial charge in [0, 0.05) is 19.2 Å². The zero-order chi connectivity index (χ0) is 18.6. The van der Waals surface area contributed by atoms with Crippen molar-refractivity contribution in [3.05, 3.63) is 91.0 Å². The largest absolute Gasteiger partial charge is 0.427 e. The normalized spacial score (nSPS) is 12.4. The van der Waals surface area contributed by atoms with E-state index in [9.17, 15) is 9.32 Å². The number of alkyl halides is 2. The van der Waals surface area contributed by atoms with Crippen LogP contribution in [0.4, 0.5) is 13.3 Å². The average Bonchev–Trinajstić information content (AvgIpc) is 2.70. The molecule has 2 nitrogen and oxygen atoms in total. The fourth-order valence-electron chi connectivity index (χ4n) is 2.90. The van der Waals surface area contributed by atoms with Crippen molar-refractivity contribution in [2.45, 2.75) is 19.9 Å². The van der Waals surface area contributed by atoms with Crippen LogP contribution >= 0.6 is 10.0 Å². The molecule has 0 spiro atoms. The SMILES string of the molecule is O=C(OF)C(F)(F)S(c1ccccc1)(c1ccccc1)c1ccccc1. The monoisotopic (exact) mass is 376 g/mol. The van der Waals surface area contributed by atoms with Crippen molar-refractivity contribution < 1.29 is 23.0 Å². The van der Waals surface area contributed by atoms with Gasteiger partial charge in [0.05, 0.1) is 0 Å². The van der Waals surface area contributed by atoms with Gasteiger partial charge in [0.15, 0.2) is 0 Å². The van der Waals surface area contributed by atoms with E-state index in [-0.39, 0.29) is 14.7 Å². The van der Waals surface area contributed by atoms with Crippen molar-refractivity contribution in [2.24, 2.45) is 0 Å². The van der Waals surface area contributed by atoms with E-state index in [0.29, 0.717) is 0 Å². The Kier molecular flexibility index (Phi) is 5.04. The highest BCUT2D eigenvalue weighted by molar-refractivity contribution is 8.35. The first kappa shape index (κ1) is 18.1. The lowest BCUT2D eigenvalue weighted by Gasteiger charge is -2.44. The highest BCUT2D eigenvalue weighted by atomic mass is 32.3. The number of carbonyl (C=O) groups excluding carboxylic acids is 1. The number of hydrogen-bond donors (Lipinski definition) is 0. The third-order valence-corrected chi connectivity index (χ3v) is 7.86. The number of halogens is 3. The minimum absolute atomic E-state index is 0.229. The van der Waals surface area contributed by atoms with Crippen LogP contribution in [0, 0.1) is 0 Å². The lowest BCUT2D eigenvalue weighted by Crippen LogP contribution is -2.36. The van der Waals surface area contributed by atoms with Crippen LogP contribution in [0.15, 0.2) is 106 Å². The van der Waals surface area contributed by atoms with E-state index in [1.807, 2.05) is 0 Å². The molecule has 0 atom stereocenters. The first-order valence-electron chi connectivity index (χ1n) is 7.74. The summed E-state index contributed by atoms with van der Waals surface area (Å²) >= 11 is 0. The molecule has 0 bridgehead atoms. The maximum absolute atomic E-state index is 15.5. The van der Waals surface area contributed by atoms with Crippen LogP contribution in [-0.2, 0) is 9.74 Å². The second-order valence-electron chi connectivity index (χ2n) is 5.43. The molecule has 3 aromatic carbocycles. The molecule has 0 aliphatic heterocycles. The highest BCUT2D eigenvalue weighted by Crippen LogP contribution is 2.76. The summed E-state index contributed by atoms with van der Waals surface area (Å²) in [6.07, 6.45) is 0. The number of carbonyl (C=O) groups is 1. The number of hydrogen-bond acceptors (Lipinski definition) is 2. The van der Waals surface area contributed by atoms with Crippen molar-refractivity contribution >= 4 is 16.0 Å². The number of rotatable bonds is 5. The van der Waals surface area contributed by atoms with Crippen LogP contribution in [0.25, 0.3) is 0 Å². The topological polar surface area (TPSA) is 26.3 Å². The maximum Gasteiger partial charge on any atom is 0.427 e. The van der Waals surface area contributed by atoms with Crippen molar-refractivity contribution in [1.82, 2.24) is 0 Å². The summed E-state index contributed by atoms with van der Waals surface area (Å²) in [4.78, 5) is 15.6. The Morgan fingerprint density at radius 3 is 1.27 bits per heavy atom. The van der Waals surface area contributed by atoms with E-state index in [1.165, 1.54) is 36.4 Å². The Morgan fingerprint density at radius 1 is 0.692 bits per heavy atom. The molecule has 0 aliphatic rings. The minimum Gasteiger partial charge on any atom is -0.247 e. The third-order valence-electron chi connectivity index (χ3n) is 3.98. The van der Waals surface area contributed by atoms with Gasteiger partial charge in [-0.1, -0.05) is 64.6 Å². The molecule has 0 radical (unpaired) electrons. The summed E-state index contributed by atoms with van der Waals surface area (Å²) in [5.41, 5.74) is 0. The van der Waals surface area contributed by atoms with Crippen molar-refractivity contribution in [3.8, 4) is 0 Å². The second kappa shape index (κ2) is 7.25. The van der Waals surface area contributed by atoms with Crippen LogP contribution in [0.5, 0.6) is 0 Å². The van der Waals surface area contributed by atoms with Crippen molar-refractivity contribution in [2.75, 3.05) is 0 Å². The van der Waals surface area contributed by atoms with Gasteiger partial charge in [0.25, 0.3) is 0 Å². The minimum atomic E-state index is -4.12. The molecule has 26 heavy (non-hydrogen) atoms. The lowest BCUT2D eigenvalue weighted by atomic mass is 10.4. The first-order valence-corrected chi connectivity index (χ1v) is 9.37. The van der Waals surface area contributed by atoms with Crippen LogP contribution in [0.2, 0.25) is 0 Å². The first-order chi connectivity index (χ1) is 12.5. The van der Waals surface area contributed by atoms with E-state index in [0.717, 1.165) is 0 Å². The van der Waals surface area contributed by atoms with Gasteiger partial charge in [-0.15, -0.1) is 0 Å². The Bertz CT molecular complexity index is 775. The predicted molar refractivity (Wildman–Crippen MR) is 93.9 cm³/mol. The van der Waals surface area contributed by atoms with Crippen LogP contribution < -0.4 is 0 Å². The molecule has 0 unspecified atom stereocenters. The van der Waals surface area contributed by atoms with Gasteiger partial charge in [-0.2, -0.15) is 8.78 Å². The number of benzene rings is 3. The molecule has 0 heterocycles. The molecule has 0 fully saturated rings. The standard InChI is InChI=1S/C20H15F3O2S/c21-20(22,19(24)25-23)26(16-10-4-1-5-11-16,17-12-6-2-7-13-17)18-14-8-3-9-15-18/h1-15H. The summed E-state index contributed by atoms with van der Waals surface area (Å²) < 4.78 is 43.7. The summed E-state index contributed by atoms with van der Waals surface area (Å²) in [7, 11) is -3.47.